The second-order valence-electron chi connectivity index (χ2n) is 2.48. The molecule has 0 aromatic heterocycles. The van der Waals surface area contributed by atoms with E-state index in [0.717, 1.165) is 0 Å². The quantitative estimate of drug-likeness (QED) is 0.481. The Labute approximate surface area is 96.3 Å². The number of hydrogen-bond donors (Lipinski definition) is 2. The van der Waals surface area contributed by atoms with Crippen molar-refractivity contribution in [1.29, 1.82) is 0 Å². The first-order chi connectivity index (χ1) is 6.49. The molecule has 0 atom stereocenters. The first kappa shape index (κ1) is 11.8. The van der Waals surface area contributed by atoms with Crippen molar-refractivity contribution in [3.8, 4) is 0 Å². The van der Waals surface area contributed by atoms with Crippen LogP contribution in [0.1, 0.15) is 10.4 Å². The molecule has 1 rings (SSSR count). The highest BCUT2D eigenvalue weighted by Gasteiger charge is 2.21. The van der Waals surface area contributed by atoms with E-state index in [-0.39, 0.29) is 20.0 Å². The van der Waals surface area contributed by atoms with Crippen LogP contribution in [0.3, 0.4) is 0 Å². The fraction of sp³-hybridized carbons (Fsp3) is 0. The highest BCUT2D eigenvalue weighted by atomic mass is 79.9. The molecule has 0 bridgehead atoms. The molecule has 74 valence electrons. The number of hydrogen-bond acceptors (Lipinski definition) is 3. The Hall–Kier alpha value is -0.235. The molecule has 0 unspecified atom stereocenters. The van der Waals surface area contributed by atoms with Crippen LogP contribution in [-0.4, -0.2) is 23.5 Å². The third-order valence-electron chi connectivity index (χ3n) is 1.62. The van der Waals surface area contributed by atoms with Crippen molar-refractivity contribution in [1.82, 2.24) is 0 Å². The lowest BCUT2D eigenvalue weighted by Gasteiger charge is -2.07. The molecule has 0 aliphatic rings. The van der Waals surface area contributed by atoms with E-state index in [9.17, 15) is 9.18 Å². The molecule has 0 fully saturated rings. The molecular weight excluding hydrogens is 322 g/mol. The van der Waals surface area contributed by atoms with Gasteiger partial charge in [-0.2, -0.15) is 0 Å². The summed E-state index contributed by atoms with van der Waals surface area (Å²) in [5, 5.41) is 17.7. The maximum atomic E-state index is 13.4. The molecule has 2 N–H and O–H groups in total. The summed E-state index contributed by atoms with van der Waals surface area (Å²) in [4.78, 5) is 10.5. The van der Waals surface area contributed by atoms with Gasteiger partial charge in [0, 0.05) is 9.94 Å². The van der Waals surface area contributed by atoms with Gasteiger partial charge in [0.2, 0.25) is 0 Å². The van der Waals surface area contributed by atoms with E-state index >= 15 is 0 Å². The fourth-order valence-electron chi connectivity index (χ4n) is 0.923. The molecule has 0 saturated heterocycles. The topological polar surface area (TPSA) is 57.5 Å². The molecule has 3 nitrogen and oxygen atoms in total. The van der Waals surface area contributed by atoms with E-state index in [1.54, 1.807) is 0 Å². The van der Waals surface area contributed by atoms with Crippen molar-refractivity contribution in [3.63, 3.8) is 0 Å². The zero-order valence-corrected chi connectivity index (χ0v) is 9.84. The summed E-state index contributed by atoms with van der Waals surface area (Å²) in [6, 6.07) is 1.27. The number of rotatable bonds is 2. The second-order valence-corrected chi connectivity index (χ2v) is 4.13. The van der Waals surface area contributed by atoms with Crippen molar-refractivity contribution in [2.24, 2.45) is 0 Å². The Morgan fingerprint density at radius 3 is 2.43 bits per heavy atom. The van der Waals surface area contributed by atoms with Crippen molar-refractivity contribution in [3.05, 3.63) is 26.4 Å². The summed E-state index contributed by atoms with van der Waals surface area (Å²) in [6.07, 6.45) is 0.345. The normalized spacial score (nSPS) is 10.1. The SMILES string of the molecule is O=Cc1c(Br)cc(B(O)O)c(Br)c1F. The first-order valence-corrected chi connectivity index (χ1v) is 5.06. The van der Waals surface area contributed by atoms with Crippen LogP contribution < -0.4 is 5.46 Å². The molecular formula is C7H4BBr2FO3. The van der Waals surface area contributed by atoms with Gasteiger partial charge in [-0.3, -0.25) is 4.79 Å². The summed E-state index contributed by atoms with van der Waals surface area (Å²) >= 11 is 5.78. The molecule has 14 heavy (non-hydrogen) atoms. The third kappa shape index (κ3) is 2.05. The summed E-state index contributed by atoms with van der Waals surface area (Å²) in [6.45, 7) is 0. The van der Waals surface area contributed by atoms with Gasteiger partial charge in [0.05, 0.1) is 10.0 Å². The lowest BCUT2D eigenvalue weighted by molar-refractivity contribution is 0.111. The van der Waals surface area contributed by atoms with Crippen molar-refractivity contribution in [2.75, 3.05) is 0 Å². The van der Waals surface area contributed by atoms with E-state index in [1.807, 2.05) is 0 Å². The zero-order chi connectivity index (χ0) is 10.9. The van der Waals surface area contributed by atoms with Crippen molar-refractivity contribution >= 4 is 50.7 Å². The van der Waals surface area contributed by atoms with Crippen LogP contribution in [0.5, 0.6) is 0 Å². The lowest BCUT2D eigenvalue weighted by Crippen LogP contribution is -2.32. The van der Waals surface area contributed by atoms with Gasteiger partial charge in [0.25, 0.3) is 0 Å². The zero-order valence-electron chi connectivity index (χ0n) is 6.67. The number of aldehydes is 1. The fourth-order valence-corrected chi connectivity index (χ4v) is 1.97. The maximum absolute atomic E-state index is 13.4. The van der Waals surface area contributed by atoms with Gasteiger partial charge < -0.3 is 10.0 Å². The van der Waals surface area contributed by atoms with Crippen LogP contribution in [0, 0.1) is 5.82 Å². The molecule has 0 heterocycles. The van der Waals surface area contributed by atoms with Gasteiger partial charge in [-0.15, -0.1) is 0 Å². The molecule has 1 aromatic carbocycles. The molecule has 1 aromatic rings. The average molecular weight is 326 g/mol. The molecule has 0 amide bonds. The van der Waals surface area contributed by atoms with Gasteiger partial charge in [0.1, 0.15) is 5.82 Å². The monoisotopic (exact) mass is 324 g/mol. The minimum absolute atomic E-state index is 0.0417. The predicted octanol–water partition coefficient (Wildman–Crippen LogP) is 0.843. The van der Waals surface area contributed by atoms with E-state index < -0.39 is 12.9 Å². The third-order valence-corrected chi connectivity index (χ3v) is 3.08. The highest BCUT2D eigenvalue weighted by molar-refractivity contribution is 9.11. The molecule has 0 spiro atoms. The number of benzene rings is 1. The van der Waals surface area contributed by atoms with Gasteiger partial charge in [-0.25, -0.2) is 4.39 Å². The van der Waals surface area contributed by atoms with Gasteiger partial charge in [-0.05, 0) is 37.9 Å². The standard InChI is InChI=1S/C7H4BBr2FO3/c9-5-1-4(8(13)14)6(10)7(11)3(5)2-12/h1-2,13-14H. The minimum atomic E-state index is -1.80. The summed E-state index contributed by atoms with van der Waals surface area (Å²) in [5.41, 5.74) is -0.207. The summed E-state index contributed by atoms with van der Waals surface area (Å²) in [7, 11) is -1.80. The van der Waals surface area contributed by atoms with Crippen LogP contribution >= 0.6 is 31.9 Å². The minimum Gasteiger partial charge on any atom is -0.423 e. The Kier molecular flexibility index (Phi) is 3.82. The number of carbonyl (C=O) groups excluding carboxylic acids is 1. The van der Waals surface area contributed by atoms with E-state index in [4.69, 9.17) is 10.0 Å². The molecule has 0 radical (unpaired) electrons. The number of carbonyl (C=O) groups is 1. The predicted molar refractivity (Wildman–Crippen MR) is 57.0 cm³/mol. The highest BCUT2D eigenvalue weighted by Crippen LogP contribution is 2.23. The van der Waals surface area contributed by atoms with Crippen LogP contribution in [0.15, 0.2) is 15.0 Å². The van der Waals surface area contributed by atoms with Gasteiger partial charge in [-0.1, -0.05) is 0 Å². The second kappa shape index (κ2) is 4.52. The van der Waals surface area contributed by atoms with Gasteiger partial charge >= 0.3 is 7.12 Å². The van der Waals surface area contributed by atoms with Crippen molar-refractivity contribution < 1.29 is 19.2 Å². The Morgan fingerprint density at radius 2 is 2.00 bits per heavy atom. The molecule has 0 aliphatic heterocycles. The summed E-state index contributed by atoms with van der Waals surface area (Å²) in [5.74, 6) is -0.822. The largest absolute Gasteiger partial charge is 0.489 e. The van der Waals surface area contributed by atoms with Crippen LogP contribution in [0.2, 0.25) is 0 Å². The Morgan fingerprint density at radius 1 is 1.43 bits per heavy atom. The van der Waals surface area contributed by atoms with Crippen LogP contribution in [0.25, 0.3) is 0 Å². The maximum Gasteiger partial charge on any atom is 0.489 e. The van der Waals surface area contributed by atoms with E-state index in [2.05, 4.69) is 31.9 Å². The average Bonchev–Trinajstić information content (AvgIpc) is 2.12. The van der Waals surface area contributed by atoms with Gasteiger partial charge in [0.15, 0.2) is 6.29 Å². The molecule has 0 aliphatic carbocycles. The summed E-state index contributed by atoms with van der Waals surface area (Å²) < 4.78 is 13.4. The van der Waals surface area contributed by atoms with Crippen LogP contribution in [0.4, 0.5) is 4.39 Å². The first-order valence-electron chi connectivity index (χ1n) is 3.47. The Bertz CT molecular complexity index is 384. The number of halogens is 3. The van der Waals surface area contributed by atoms with Crippen LogP contribution in [-0.2, 0) is 0 Å². The van der Waals surface area contributed by atoms with E-state index in [0.29, 0.717) is 6.29 Å². The lowest BCUT2D eigenvalue weighted by atomic mass is 9.80. The van der Waals surface area contributed by atoms with E-state index in [1.165, 1.54) is 6.07 Å². The van der Waals surface area contributed by atoms with Crippen molar-refractivity contribution in [2.45, 2.75) is 0 Å². The Balaban J connectivity index is 3.47. The smallest absolute Gasteiger partial charge is 0.423 e. The molecule has 0 saturated carbocycles. The molecule has 7 heteroatoms.